The normalized spacial score (nSPS) is 10.9. The molecule has 0 radical (unpaired) electrons. The summed E-state index contributed by atoms with van der Waals surface area (Å²) in [7, 11) is 7.24. The highest BCUT2D eigenvalue weighted by atomic mass is 35.5. The van der Waals surface area contributed by atoms with Crippen LogP contribution in [0.5, 0.6) is 11.5 Å². The van der Waals surface area contributed by atoms with Gasteiger partial charge in [-0.3, -0.25) is 9.59 Å². The van der Waals surface area contributed by atoms with E-state index in [1.165, 1.54) is 22.7 Å². The third-order valence-corrected chi connectivity index (χ3v) is 11.6. The highest BCUT2D eigenvalue weighted by Gasteiger charge is 2.25. The Hall–Kier alpha value is -4.28. The van der Waals surface area contributed by atoms with E-state index < -0.39 is 0 Å². The highest BCUT2D eigenvalue weighted by molar-refractivity contribution is 7.22. The zero-order valence-electron chi connectivity index (χ0n) is 29.5. The maximum atomic E-state index is 13.2. The fourth-order valence-corrected chi connectivity index (χ4v) is 8.37. The molecule has 2 aromatic heterocycles. The highest BCUT2D eigenvalue weighted by Crippen LogP contribution is 2.37. The molecule has 2 amide bonds. The summed E-state index contributed by atoms with van der Waals surface area (Å²) in [6, 6.07) is 29.7. The third kappa shape index (κ3) is 8.97. The van der Waals surface area contributed by atoms with Gasteiger partial charge in [0.2, 0.25) is 0 Å². The van der Waals surface area contributed by atoms with E-state index in [9.17, 15) is 9.59 Å². The Morgan fingerprint density at radius 3 is 1.84 bits per heavy atom. The zero-order valence-corrected chi connectivity index (χ0v) is 32.6. The van der Waals surface area contributed by atoms with E-state index in [-0.39, 0.29) is 17.9 Å². The molecule has 0 aliphatic carbocycles. The number of nitrogens with one attached hydrogen (secondary N) is 1. The summed E-state index contributed by atoms with van der Waals surface area (Å²) < 4.78 is 12.6. The summed E-state index contributed by atoms with van der Waals surface area (Å²) in [5.74, 6) is 1.21. The molecule has 1 N–H and O–H groups in total. The lowest BCUT2D eigenvalue weighted by molar-refractivity contribution is 0.0695. The van der Waals surface area contributed by atoms with Crippen molar-refractivity contribution in [3.05, 3.63) is 122 Å². The van der Waals surface area contributed by atoms with Crippen molar-refractivity contribution in [1.82, 2.24) is 10.2 Å². The molecule has 51 heavy (non-hydrogen) atoms. The van der Waals surface area contributed by atoms with Crippen molar-refractivity contribution >= 4 is 83.5 Å². The Labute approximate surface area is 317 Å². The number of nitrogens with zero attached hydrogens (tertiary/aromatic N) is 2. The number of ether oxygens (including phenoxy) is 2. The Bertz CT molecular complexity index is 2130. The molecule has 0 aliphatic heterocycles. The minimum atomic E-state index is -0.147. The molecule has 266 valence electrons. The lowest BCUT2D eigenvalue weighted by atomic mass is 10.1. The van der Waals surface area contributed by atoms with Crippen molar-refractivity contribution in [2.24, 2.45) is 0 Å². The number of hydrogen-bond donors (Lipinski definition) is 1. The fourth-order valence-electron chi connectivity index (χ4n) is 5.46. The zero-order chi connectivity index (χ0) is 36.7. The number of methoxy groups -OCH3 is 2. The second kappa shape index (κ2) is 17.3. The van der Waals surface area contributed by atoms with Crippen LogP contribution in [0, 0.1) is 0 Å². The maximum Gasteiger partial charge on any atom is 0.266 e. The van der Waals surface area contributed by atoms with Crippen molar-refractivity contribution in [2.45, 2.75) is 32.9 Å². The molecule has 0 fully saturated rings. The molecule has 6 aromatic rings. The summed E-state index contributed by atoms with van der Waals surface area (Å²) in [6.07, 6.45) is 0.689. The second-order valence-corrected chi connectivity index (χ2v) is 15.1. The number of halogens is 2. The number of carbonyl (C=O) groups is 2. The molecular formula is C40H41Cl2N3O4S2. The average Bonchev–Trinajstić information content (AvgIpc) is 3.66. The molecule has 0 spiro atoms. The molecule has 0 atom stereocenters. The molecular weight excluding hydrogens is 721 g/mol. The molecule has 0 aliphatic rings. The van der Waals surface area contributed by atoms with Crippen LogP contribution in [-0.4, -0.2) is 57.6 Å². The van der Waals surface area contributed by atoms with Gasteiger partial charge in [0.15, 0.2) is 11.5 Å². The van der Waals surface area contributed by atoms with Crippen molar-refractivity contribution in [3.8, 4) is 11.5 Å². The SMILES string of the molecule is CC(C)N(Cc1ccc(N(C)C)cc1)C(=O)c1sc2ccccc2c1Cl.COc1ccc(CCNC(=O)c2sc3ccccc3c2Cl)cc1OC. The van der Waals surface area contributed by atoms with Gasteiger partial charge < -0.3 is 24.6 Å². The number of fused-ring (bicyclic) bond motifs is 2. The van der Waals surface area contributed by atoms with Gasteiger partial charge in [-0.15, -0.1) is 22.7 Å². The van der Waals surface area contributed by atoms with E-state index in [2.05, 4.69) is 34.5 Å². The van der Waals surface area contributed by atoms with E-state index in [1.54, 1.807) is 14.2 Å². The Kier molecular flexibility index (Phi) is 12.9. The second-order valence-electron chi connectivity index (χ2n) is 12.3. The van der Waals surface area contributed by atoms with Crippen LogP contribution < -0.4 is 19.7 Å². The van der Waals surface area contributed by atoms with Crippen molar-refractivity contribution in [3.63, 3.8) is 0 Å². The van der Waals surface area contributed by atoms with E-state index in [1.807, 2.05) is 99.6 Å². The van der Waals surface area contributed by atoms with E-state index in [4.69, 9.17) is 32.7 Å². The van der Waals surface area contributed by atoms with Crippen LogP contribution in [0.1, 0.15) is 44.3 Å². The van der Waals surface area contributed by atoms with Crippen LogP contribution in [-0.2, 0) is 13.0 Å². The smallest absolute Gasteiger partial charge is 0.266 e. The quantitative estimate of drug-likeness (QED) is 0.142. The summed E-state index contributed by atoms with van der Waals surface area (Å²) in [4.78, 5) is 30.7. The van der Waals surface area contributed by atoms with E-state index in [0.29, 0.717) is 50.8 Å². The van der Waals surface area contributed by atoms with Gasteiger partial charge in [-0.25, -0.2) is 0 Å². The van der Waals surface area contributed by atoms with Crippen molar-refractivity contribution in [1.29, 1.82) is 0 Å². The molecule has 6 rings (SSSR count). The first kappa shape index (κ1) is 38.0. The van der Waals surface area contributed by atoms with Gasteiger partial charge >= 0.3 is 0 Å². The topological polar surface area (TPSA) is 71.1 Å². The van der Waals surface area contributed by atoms with Gasteiger partial charge in [0.1, 0.15) is 9.75 Å². The number of carbonyl (C=O) groups excluding carboxylic acids is 2. The molecule has 0 saturated carbocycles. The van der Waals surface area contributed by atoms with Crippen LogP contribution in [0.15, 0.2) is 91.0 Å². The van der Waals surface area contributed by atoms with Gasteiger partial charge in [0.25, 0.3) is 11.8 Å². The lowest BCUT2D eigenvalue weighted by Crippen LogP contribution is -2.36. The van der Waals surface area contributed by atoms with E-state index in [0.717, 1.165) is 37.0 Å². The van der Waals surface area contributed by atoms with Gasteiger partial charge in [-0.05, 0) is 67.8 Å². The lowest BCUT2D eigenvalue weighted by Gasteiger charge is -2.27. The van der Waals surface area contributed by atoms with Crippen molar-refractivity contribution in [2.75, 3.05) is 39.8 Å². The van der Waals surface area contributed by atoms with Crippen molar-refractivity contribution < 1.29 is 19.1 Å². The Morgan fingerprint density at radius 2 is 1.29 bits per heavy atom. The minimum absolute atomic E-state index is 0.0112. The van der Waals surface area contributed by atoms with Crippen LogP contribution in [0.4, 0.5) is 5.69 Å². The number of benzene rings is 4. The first-order valence-corrected chi connectivity index (χ1v) is 18.8. The molecule has 4 aromatic carbocycles. The standard InChI is InChI=1S/C21H23ClN2OS.C19H18ClNO3S/c1-14(2)24(13-15-9-11-16(12-10-15)23(3)4)21(25)20-19(22)17-7-5-6-8-18(17)26-20;1-23-14-8-7-12(11-15(14)24-2)9-10-21-19(22)18-17(20)13-5-3-4-6-16(13)25-18/h5-12,14H,13H2,1-4H3;3-8,11H,9-10H2,1-2H3,(H,21,22). The van der Waals surface area contributed by atoms with Gasteiger partial charge in [-0.1, -0.05) is 77.8 Å². The van der Waals surface area contributed by atoms with Gasteiger partial charge in [0, 0.05) is 59.1 Å². The maximum absolute atomic E-state index is 13.2. The molecule has 0 saturated heterocycles. The first-order chi connectivity index (χ1) is 24.5. The summed E-state index contributed by atoms with van der Waals surface area (Å²) >= 11 is 15.7. The van der Waals surface area contributed by atoms with Crippen LogP contribution >= 0.6 is 45.9 Å². The number of thiophene rings is 2. The molecule has 2 heterocycles. The van der Waals surface area contributed by atoms with Crippen LogP contribution in [0.3, 0.4) is 0 Å². The monoisotopic (exact) mass is 761 g/mol. The van der Waals surface area contributed by atoms with Crippen LogP contribution in [0.2, 0.25) is 10.0 Å². The number of rotatable bonds is 11. The molecule has 11 heteroatoms. The fraction of sp³-hybridized carbons (Fsp3) is 0.250. The predicted octanol–water partition coefficient (Wildman–Crippen LogP) is 10.2. The van der Waals surface area contributed by atoms with Crippen LogP contribution in [0.25, 0.3) is 20.2 Å². The van der Waals surface area contributed by atoms with E-state index >= 15 is 0 Å². The summed E-state index contributed by atoms with van der Waals surface area (Å²) in [5.41, 5.74) is 3.30. The Morgan fingerprint density at radius 1 is 0.745 bits per heavy atom. The molecule has 0 bridgehead atoms. The van der Waals surface area contributed by atoms with Gasteiger partial charge in [0.05, 0.1) is 24.3 Å². The molecule has 0 unspecified atom stereocenters. The number of hydrogen-bond acceptors (Lipinski definition) is 7. The number of anilines is 1. The number of amides is 2. The largest absolute Gasteiger partial charge is 0.493 e. The summed E-state index contributed by atoms with van der Waals surface area (Å²) in [6.45, 7) is 5.15. The first-order valence-electron chi connectivity index (χ1n) is 16.4. The predicted molar refractivity (Wildman–Crippen MR) is 215 cm³/mol. The Balaban J connectivity index is 0.000000198. The third-order valence-electron chi connectivity index (χ3n) is 8.31. The van der Waals surface area contributed by atoms with Gasteiger partial charge in [-0.2, -0.15) is 0 Å². The molecule has 7 nitrogen and oxygen atoms in total. The minimum Gasteiger partial charge on any atom is -0.493 e. The summed E-state index contributed by atoms with van der Waals surface area (Å²) in [5, 5.41) is 5.87. The average molecular weight is 763 g/mol.